The van der Waals surface area contributed by atoms with E-state index in [1.54, 1.807) is 29.8 Å². The Bertz CT molecular complexity index is 985. The van der Waals surface area contributed by atoms with Crippen molar-refractivity contribution in [2.45, 2.75) is 29.7 Å². The first-order valence-corrected chi connectivity index (χ1v) is 10.7. The van der Waals surface area contributed by atoms with E-state index >= 15 is 0 Å². The van der Waals surface area contributed by atoms with Crippen LogP contribution in [-0.2, 0) is 11.8 Å². The first-order valence-electron chi connectivity index (χ1n) is 9.80. The van der Waals surface area contributed by atoms with Crippen LogP contribution in [0.1, 0.15) is 30.1 Å². The van der Waals surface area contributed by atoms with Crippen LogP contribution in [0, 0.1) is 5.82 Å². The highest BCUT2D eigenvalue weighted by Gasteiger charge is 2.30. The molecule has 7 heteroatoms. The van der Waals surface area contributed by atoms with Crippen LogP contribution in [0.2, 0.25) is 0 Å². The normalized spacial score (nSPS) is 15.3. The van der Waals surface area contributed by atoms with Gasteiger partial charge >= 0.3 is 0 Å². The van der Waals surface area contributed by atoms with Gasteiger partial charge in [0, 0.05) is 20.1 Å². The predicted molar refractivity (Wildman–Crippen MR) is 112 cm³/mol. The van der Waals surface area contributed by atoms with Gasteiger partial charge in [0.1, 0.15) is 11.1 Å². The largest absolute Gasteiger partial charge is 0.341 e. The third-order valence-electron chi connectivity index (χ3n) is 5.17. The molecule has 1 aliphatic rings. The van der Waals surface area contributed by atoms with Gasteiger partial charge in [0.2, 0.25) is 5.91 Å². The molecule has 0 spiro atoms. The first kappa shape index (κ1) is 19.6. The summed E-state index contributed by atoms with van der Waals surface area (Å²) in [6.45, 7) is 1.59. The Balaban J connectivity index is 1.65. The number of benzene rings is 2. The number of amides is 1. The molecule has 0 radical (unpaired) electrons. The zero-order valence-electron chi connectivity index (χ0n) is 16.3. The van der Waals surface area contributed by atoms with Crippen molar-refractivity contribution in [2.75, 3.05) is 13.1 Å². The Kier molecular flexibility index (Phi) is 5.94. The van der Waals surface area contributed by atoms with Crippen LogP contribution in [0.5, 0.6) is 0 Å². The quantitative estimate of drug-likeness (QED) is 0.583. The van der Waals surface area contributed by atoms with Crippen molar-refractivity contribution in [3.63, 3.8) is 0 Å². The molecule has 1 saturated heterocycles. The lowest BCUT2D eigenvalue weighted by Gasteiger charge is -2.30. The minimum absolute atomic E-state index is 0.0938. The van der Waals surface area contributed by atoms with E-state index in [4.69, 9.17) is 0 Å². The number of nitrogens with zero attached hydrogens (tertiary/aromatic N) is 4. The van der Waals surface area contributed by atoms with Crippen LogP contribution in [0.15, 0.2) is 59.8 Å². The maximum absolute atomic E-state index is 14.2. The molecule has 150 valence electrons. The van der Waals surface area contributed by atoms with Crippen LogP contribution in [-0.4, -0.2) is 38.7 Å². The average molecular weight is 411 g/mol. The van der Waals surface area contributed by atoms with Crippen molar-refractivity contribution in [1.29, 1.82) is 0 Å². The van der Waals surface area contributed by atoms with Gasteiger partial charge in [-0.3, -0.25) is 4.79 Å². The Labute approximate surface area is 173 Å². The molecule has 0 N–H and O–H groups in total. The van der Waals surface area contributed by atoms with Crippen molar-refractivity contribution >= 4 is 17.7 Å². The summed E-state index contributed by atoms with van der Waals surface area (Å²) >= 11 is 1.37. The van der Waals surface area contributed by atoms with Crippen molar-refractivity contribution < 1.29 is 9.18 Å². The molecular weight excluding hydrogens is 387 g/mol. The van der Waals surface area contributed by atoms with Crippen molar-refractivity contribution in [1.82, 2.24) is 19.7 Å². The van der Waals surface area contributed by atoms with Crippen LogP contribution in [0.4, 0.5) is 4.39 Å². The first-order chi connectivity index (χ1) is 14.1. The van der Waals surface area contributed by atoms with E-state index in [1.807, 2.05) is 35.2 Å². The monoisotopic (exact) mass is 410 g/mol. The zero-order chi connectivity index (χ0) is 20.2. The molecule has 29 heavy (non-hydrogen) atoms. The topological polar surface area (TPSA) is 51.0 Å². The molecule has 0 saturated carbocycles. The molecular formula is C22H23FN4OS. The number of carbonyl (C=O) groups is 1. The SMILES string of the molecule is Cn1c(SC(C(=O)N2CCCCC2)c2ccccc2)nnc1-c1ccccc1F. The van der Waals surface area contributed by atoms with E-state index in [2.05, 4.69) is 10.2 Å². The number of hydrogen-bond acceptors (Lipinski definition) is 4. The highest BCUT2D eigenvalue weighted by atomic mass is 32.2. The van der Waals surface area contributed by atoms with Crippen LogP contribution >= 0.6 is 11.8 Å². The summed E-state index contributed by atoms with van der Waals surface area (Å²) in [7, 11) is 1.80. The summed E-state index contributed by atoms with van der Waals surface area (Å²) in [4.78, 5) is 15.3. The Hall–Kier alpha value is -2.67. The van der Waals surface area contributed by atoms with E-state index in [0.717, 1.165) is 31.5 Å². The van der Waals surface area contributed by atoms with Gasteiger partial charge in [-0.05, 0) is 37.0 Å². The number of aromatic nitrogens is 3. The molecule has 0 bridgehead atoms. The smallest absolute Gasteiger partial charge is 0.240 e. The van der Waals surface area contributed by atoms with Gasteiger partial charge < -0.3 is 9.47 Å². The van der Waals surface area contributed by atoms with Gasteiger partial charge in [-0.1, -0.05) is 54.2 Å². The van der Waals surface area contributed by atoms with Crippen LogP contribution in [0.3, 0.4) is 0 Å². The molecule has 5 nitrogen and oxygen atoms in total. The minimum Gasteiger partial charge on any atom is -0.341 e. The van der Waals surface area contributed by atoms with Crippen molar-refractivity contribution in [3.05, 3.63) is 66.0 Å². The fraction of sp³-hybridized carbons (Fsp3) is 0.318. The van der Waals surface area contributed by atoms with E-state index in [1.165, 1.54) is 24.2 Å². The average Bonchev–Trinajstić information content (AvgIpc) is 3.13. The number of thioether (sulfide) groups is 1. The predicted octanol–water partition coefficient (Wildman–Crippen LogP) is 4.47. The van der Waals surface area contributed by atoms with Gasteiger partial charge in [0.25, 0.3) is 0 Å². The van der Waals surface area contributed by atoms with Gasteiger partial charge in [0.15, 0.2) is 11.0 Å². The summed E-state index contributed by atoms with van der Waals surface area (Å²) in [5.41, 5.74) is 1.33. The maximum atomic E-state index is 14.2. The Morgan fingerprint density at radius 3 is 2.41 bits per heavy atom. The fourth-order valence-electron chi connectivity index (χ4n) is 3.57. The fourth-order valence-corrected chi connectivity index (χ4v) is 4.66. The second-order valence-corrected chi connectivity index (χ2v) is 8.21. The van der Waals surface area contributed by atoms with E-state index in [0.29, 0.717) is 16.5 Å². The Morgan fingerprint density at radius 2 is 1.69 bits per heavy atom. The molecule has 2 heterocycles. The molecule has 3 aromatic rings. The maximum Gasteiger partial charge on any atom is 0.240 e. The minimum atomic E-state index is -0.411. The Morgan fingerprint density at radius 1 is 1.00 bits per heavy atom. The lowest BCUT2D eigenvalue weighted by molar-refractivity contribution is -0.131. The summed E-state index contributed by atoms with van der Waals surface area (Å²) < 4.78 is 16.0. The highest BCUT2D eigenvalue weighted by molar-refractivity contribution is 8.00. The van der Waals surface area contributed by atoms with Crippen molar-refractivity contribution in [2.24, 2.45) is 7.05 Å². The summed E-state index contributed by atoms with van der Waals surface area (Å²) in [5.74, 6) is 0.197. The molecule has 4 rings (SSSR count). The molecule has 1 aromatic heterocycles. The molecule has 1 amide bonds. The van der Waals surface area contributed by atoms with Crippen LogP contribution < -0.4 is 0 Å². The third-order valence-corrected chi connectivity index (χ3v) is 6.44. The summed E-state index contributed by atoms with van der Waals surface area (Å²) in [5, 5.41) is 8.63. The number of rotatable bonds is 5. The third kappa shape index (κ3) is 4.19. The summed E-state index contributed by atoms with van der Waals surface area (Å²) in [6.07, 6.45) is 3.25. The number of halogens is 1. The lowest BCUT2D eigenvalue weighted by atomic mass is 10.1. The molecule has 2 aromatic carbocycles. The van der Waals surface area contributed by atoms with Crippen LogP contribution in [0.25, 0.3) is 11.4 Å². The van der Waals surface area contributed by atoms with Gasteiger partial charge in [-0.25, -0.2) is 4.39 Å². The second-order valence-electron chi connectivity index (χ2n) is 7.14. The van der Waals surface area contributed by atoms with Crippen molar-refractivity contribution in [3.8, 4) is 11.4 Å². The van der Waals surface area contributed by atoms with E-state index in [9.17, 15) is 9.18 Å². The van der Waals surface area contributed by atoms with Gasteiger partial charge in [0.05, 0.1) is 5.56 Å². The number of hydrogen-bond donors (Lipinski definition) is 0. The summed E-state index contributed by atoms with van der Waals surface area (Å²) in [6, 6.07) is 16.3. The number of likely N-dealkylation sites (tertiary alicyclic amines) is 1. The highest BCUT2D eigenvalue weighted by Crippen LogP contribution is 2.37. The number of piperidine rings is 1. The standard InChI is InChI=1S/C22H23FN4OS/c1-26-20(17-12-6-7-13-18(17)23)24-25-22(26)29-19(16-10-4-2-5-11-16)21(28)27-14-8-3-9-15-27/h2,4-7,10-13,19H,3,8-9,14-15H2,1H3. The van der Waals surface area contributed by atoms with Gasteiger partial charge in [-0.15, -0.1) is 10.2 Å². The number of carbonyl (C=O) groups excluding carboxylic acids is 1. The molecule has 1 unspecified atom stereocenters. The zero-order valence-corrected chi connectivity index (χ0v) is 17.1. The molecule has 1 fully saturated rings. The lowest BCUT2D eigenvalue weighted by Crippen LogP contribution is -2.38. The molecule has 1 aliphatic heterocycles. The van der Waals surface area contributed by atoms with Gasteiger partial charge in [-0.2, -0.15) is 0 Å². The molecule has 1 atom stereocenters. The van der Waals surface area contributed by atoms with E-state index < -0.39 is 5.25 Å². The van der Waals surface area contributed by atoms with E-state index in [-0.39, 0.29) is 11.7 Å². The molecule has 0 aliphatic carbocycles. The second kappa shape index (κ2) is 8.78.